The molecule has 0 amide bonds. The highest BCUT2D eigenvalue weighted by atomic mass is 32.2. The molecule has 7 nitrogen and oxygen atoms in total. The molecule has 124 valence electrons. The van der Waals surface area contributed by atoms with Crippen molar-refractivity contribution in [2.45, 2.75) is 49.7 Å². The molecular formula is C10H15F3O7S. The summed E-state index contributed by atoms with van der Waals surface area (Å²) in [6.45, 7) is 2.38. The Kier molecular flexibility index (Phi) is 4.28. The van der Waals surface area contributed by atoms with E-state index in [1.807, 2.05) is 0 Å². The second-order valence-corrected chi connectivity index (χ2v) is 6.63. The highest BCUT2D eigenvalue weighted by Crippen LogP contribution is 2.39. The van der Waals surface area contributed by atoms with E-state index in [0.717, 1.165) is 0 Å². The van der Waals surface area contributed by atoms with E-state index >= 15 is 0 Å². The predicted molar refractivity (Wildman–Crippen MR) is 60.4 cm³/mol. The largest absolute Gasteiger partial charge is 0.523 e. The molecule has 4 unspecified atom stereocenters. The van der Waals surface area contributed by atoms with Gasteiger partial charge in [0.15, 0.2) is 12.1 Å². The first kappa shape index (κ1) is 16.9. The van der Waals surface area contributed by atoms with Crippen LogP contribution in [0.15, 0.2) is 0 Å². The van der Waals surface area contributed by atoms with Crippen molar-refractivity contribution in [2.75, 3.05) is 13.7 Å². The number of methoxy groups -OCH3 is 1. The standard InChI is InChI=1S/C10H15F3O7S/c1-9(2)19-6-5(18-8(16-3)7(6)20-9)4-17-21(14,15)10(11,12)13/h5-8H,4H2,1-3H3. The van der Waals surface area contributed by atoms with Crippen LogP contribution in [0, 0.1) is 0 Å². The van der Waals surface area contributed by atoms with Crippen molar-refractivity contribution in [3.05, 3.63) is 0 Å². The molecule has 2 heterocycles. The van der Waals surface area contributed by atoms with E-state index in [9.17, 15) is 21.6 Å². The Balaban J connectivity index is 2.05. The number of rotatable bonds is 4. The van der Waals surface area contributed by atoms with Crippen LogP contribution >= 0.6 is 0 Å². The van der Waals surface area contributed by atoms with Gasteiger partial charge in [-0.3, -0.25) is 4.18 Å². The third-order valence-electron chi connectivity index (χ3n) is 3.01. The monoisotopic (exact) mass is 336 g/mol. The van der Waals surface area contributed by atoms with Crippen molar-refractivity contribution < 1.29 is 44.7 Å². The number of alkyl halides is 3. The van der Waals surface area contributed by atoms with Crippen LogP contribution in [-0.4, -0.2) is 58.0 Å². The second kappa shape index (κ2) is 5.32. The summed E-state index contributed by atoms with van der Waals surface area (Å²) in [5.41, 5.74) is -5.49. The summed E-state index contributed by atoms with van der Waals surface area (Å²) in [6.07, 6.45) is -3.39. The van der Waals surface area contributed by atoms with Gasteiger partial charge in [-0.15, -0.1) is 0 Å². The molecule has 0 bridgehead atoms. The van der Waals surface area contributed by atoms with Gasteiger partial charge in [0.05, 0.1) is 6.61 Å². The highest BCUT2D eigenvalue weighted by Gasteiger charge is 2.56. The molecule has 4 atom stereocenters. The SMILES string of the molecule is COC1OC(COS(=O)(=O)C(F)(F)F)C2OC(C)(C)OC12. The Morgan fingerprint density at radius 1 is 1.19 bits per heavy atom. The quantitative estimate of drug-likeness (QED) is 0.553. The van der Waals surface area contributed by atoms with Gasteiger partial charge in [0.1, 0.15) is 18.3 Å². The maximum atomic E-state index is 12.2. The van der Waals surface area contributed by atoms with Gasteiger partial charge in [-0.05, 0) is 13.8 Å². The number of ether oxygens (including phenoxy) is 4. The lowest BCUT2D eigenvalue weighted by atomic mass is 10.1. The van der Waals surface area contributed by atoms with E-state index in [4.69, 9.17) is 18.9 Å². The molecule has 11 heteroatoms. The molecule has 0 aromatic carbocycles. The first-order valence-corrected chi connectivity index (χ1v) is 7.37. The van der Waals surface area contributed by atoms with Gasteiger partial charge in [-0.25, -0.2) is 0 Å². The van der Waals surface area contributed by atoms with Gasteiger partial charge in [-0.1, -0.05) is 0 Å². The maximum Gasteiger partial charge on any atom is 0.523 e. The van der Waals surface area contributed by atoms with Crippen LogP contribution in [0.4, 0.5) is 13.2 Å². The summed E-state index contributed by atoms with van der Waals surface area (Å²) in [5, 5.41) is 0. The zero-order chi connectivity index (χ0) is 16.1. The van der Waals surface area contributed by atoms with Gasteiger partial charge >= 0.3 is 15.6 Å². The lowest BCUT2D eigenvalue weighted by Gasteiger charge is -2.23. The van der Waals surface area contributed by atoms with Crippen LogP contribution in [-0.2, 0) is 33.2 Å². The molecule has 2 rings (SSSR count). The van der Waals surface area contributed by atoms with Crippen LogP contribution in [0.1, 0.15) is 13.8 Å². The van der Waals surface area contributed by atoms with E-state index < -0.39 is 52.6 Å². The van der Waals surface area contributed by atoms with Crippen molar-refractivity contribution in [3.63, 3.8) is 0 Å². The molecule has 2 aliphatic heterocycles. The topological polar surface area (TPSA) is 80.3 Å². The Bertz CT molecular complexity index is 489. The van der Waals surface area contributed by atoms with Crippen molar-refractivity contribution in [2.24, 2.45) is 0 Å². The van der Waals surface area contributed by atoms with E-state index in [1.54, 1.807) is 13.8 Å². The van der Waals surface area contributed by atoms with Crippen LogP contribution < -0.4 is 0 Å². The lowest BCUT2D eigenvalue weighted by Crippen LogP contribution is -2.36. The summed E-state index contributed by atoms with van der Waals surface area (Å²) >= 11 is 0. The van der Waals surface area contributed by atoms with Crippen molar-refractivity contribution in [3.8, 4) is 0 Å². The molecule has 0 aliphatic carbocycles. The smallest absolute Gasteiger partial charge is 0.353 e. The van der Waals surface area contributed by atoms with E-state index in [-0.39, 0.29) is 0 Å². The molecule has 0 N–H and O–H groups in total. The molecule has 2 saturated heterocycles. The minimum absolute atomic E-state index is 0.674. The summed E-state index contributed by atoms with van der Waals surface area (Å²) < 4.78 is 83.6. The minimum atomic E-state index is -5.68. The van der Waals surface area contributed by atoms with Crippen molar-refractivity contribution in [1.29, 1.82) is 0 Å². The summed E-state index contributed by atoms with van der Waals surface area (Å²) in [6, 6.07) is 0. The molecule has 0 saturated carbocycles. The average Bonchev–Trinajstić information content (AvgIpc) is 2.78. The van der Waals surface area contributed by atoms with Crippen LogP contribution in [0.3, 0.4) is 0 Å². The first-order valence-electron chi connectivity index (χ1n) is 5.96. The fraction of sp³-hybridized carbons (Fsp3) is 1.00. The predicted octanol–water partition coefficient (Wildman–Crippen LogP) is 0.744. The third-order valence-corrected chi connectivity index (χ3v) is 4.02. The fourth-order valence-corrected chi connectivity index (χ4v) is 2.64. The van der Waals surface area contributed by atoms with Crippen molar-refractivity contribution in [1.82, 2.24) is 0 Å². The average molecular weight is 336 g/mol. The zero-order valence-corrected chi connectivity index (χ0v) is 12.2. The zero-order valence-electron chi connectivity index (χ0n) is 11.4. The maximum absolute atomic E-state index is 12.2. The molecule has 0 aromatic rings. The normalized spacial score (nSPS) is 35.9. The van der Waals surface area contributed by atoms with Gasteiger partial charge < -0.3 is 18.9 Å². The molecule has 2 fully saturated rings. The molecule has 0 aromatic heterocycles. The number of halogens is 3. The Hall–Kier alpha value is -0.460. The van der Waals surface area contributed by atoms with Crippen molar-refractivity contribution >= 4 is 10.1 Å². The number of hydrogen-bond acceptors (Lipinski definition) is 7. The van der Waals surface area contributed by atoms with E-state index in [2.05, 4.69) is 4.18 Å². The lowest BCUT2D eigenvalue weighted by molar-refractivity contribution is -0.229. The Labute approximate surface area is 119 Å². The summed E-state index contributed by atoms with van der Waals surface area (Å²) in [5.74, 6) is -0.975. The summed E-state index contributed by atoms with van der Waals surface area (Å²) in [7, 11) is -4.36. The van der Waals surface area contributed by atoms with E-state index in [0.29, 0.717) is 0 Å². The minimum Gasteiger partial charge on any atom is -0.353 e. The third kappa shape index (κ3) is 3.32. The molecular weight excluding hydrogens is 321 g/mol. The van der Waals surface area contributed by atoms with Crippen LogP contribution in [0.2, 0.25) is 0 Å². The van der Waals surface area contributed by atoms with Crippen LogP contribution in [0.5, 0.6) is 0 Å². The Morgan fingerprint density at radius 2 is 1.76 bits per heavy atom. The molecule has 0 spiro atoms. The number of hydrogen-bond donors (Lipinski definition) is 0. The van der Waals surface area contributed by atoms with Gasteiger partial charge in [-0.2, -0.15) is 21.6 Å². The molecule has 21 heavy (non-hydrogen) atoms. The van der Waals surface area contributed by atoms with Gasteiger partial charge in [0, 0.05) is 7.11 Å². The highest BCUT2D eigenvalue weighted by molar-refractivity contribution is 7.87. The molecule has 0 radical (unpaired) electrons. The fourth-order valence-electron chi connectivity index (χ4n) is 2.19. The van der Waals surface area contributed by atoms with Crippen LogP contribution in [0.25, 0.3) is 0 Å². The second-order valence-electron chi connectivity index (χ2n) is 5.03. The summed E-state index contributed by atoms with van der Waals surface area (Å²) in [4.78, 5) is 0. The Morgan fingerprint density at radius 3 is 2.29 bits per heavy atom. The first-order chi connectivity index (χ1) is 9.47. The van der Waals surface area contributed by atoms with Gasteiger partial charge in [0.25, 0.3) is 0 Å². The molecule has 2 aliphatic rings. The van der Waals surface area contributed by atoms with E-state index in [1.165, 1.54) is 7.11 Å². The number of fused-ring (bicyclic) bond motifs is 1. The van der Waals surface area contributed by atoms with Gasteiger partial charge in [0.2, 0.25) is 0 Å².